The number of pyridine rings is 1. The molecule has 0 aliphatic heterocycles. The van der Waals surface area contributed by atoms with Crippen molar-refractivity contribution in [1.29, 1.82) is 0 Å². The summed E-state index contributed by atoms with van der Waals surface area (Å²) in [7, 11) is 1.07. The molecule has 1 heterocycles. The van der Waals surface area contributed by atoms with Gasteiger partial charge in [0.05, 0.1) is 0 Å². The van der Waals surface area contributed by atoms with Gasteiger partial charge in [-0.15, -0.1) is 0 Å². The van der Waals surface area contributed by atoms with Crippen molar-refractivity contribution in [2.75, 3.05) is 0 Å². The molecule has 4 heteroatoms. The first-order valence-corrected chi connectivity index (χ1v) is 4.04. The fourth-order valence-corrected chi connectivity index (χ4v) is 1.41. The van der Waals surface area contributed by atoms with E-state index in [0.29, 0.717) is 11.6 Å². The molecule has 1 aromatic heterocycles. The van der Waals surface area contributed by atoms with E-state index in [4.69, 9.17) is 5.02 Å². The van der Waals surface area contributed by atoms with Crippen LogP contribution in [0.2, 0.25) is 0 Å². The fourth-order valence-electron chi connectivity index (χ4n) is 1.41. The number of hydrogen-bond acceptors (Lipinski definition) is 2. The van der Waals surface area contributed by atoms with E-state index in [1.54, 1.807) is 6.20 Å². The Kier molecular flexibility index (Phi) is 1.89. The Bertz CT molecular complexity index is 527. The first-order valence-electron chi connectivity index (χ1n) is 4.04. The molecular formula is C9H8BNO2. The van der Waals surface area contributed by atoms with Gasteiger partial charge < -0.3 is 0 Å². The van der Waals surface area contributed by atoms with Crippen LogP contribution < -0.4 is 16.0 Å². The molecule has 0 atom stereocenters. The molecule has 3 nitrogen and oxygen atoms in total. The van der Waals surface area contributed by atoms with Crippen molar-refractivity contribution in [2.45, 2.75) is 6.42 Å². The van der Waals surface area contributed by atoms with Gasteiger partial charge in [-0.25, -0.2) is 0 Å². The minimum absolute atomic E-state index is 0.0780. The molecule has 0 saturated heterocycles. The molecule has 0 aromatic carbocycles. The van der Waals surface area contributed by atoms with Crippen LogP contribution in [0.25, 0.3) is 12.2 Å². The van der Waals surface area contributed by atoms with Gasteiger partial charge >= 0.3 is 74.2 Å². The van der Waals surface area contributed by atoms with E-state index in [-0.39, 0.29) is 5.56 Å². The Labute approximate surface area is 75.0 Å². The molecule has 1 aliphatic rings. The van der Waals surface area contributed by atoms with Gasteiger partial charge in [-0.3, -0.25) is 0 Å². The summed E-state index contributed by atoms with van der Waals surface area (Å²) in [5, 5.41) is 10.3. The Balaban J connectivity index is 2.85. The SMILES string of the molecule is O=c1[nH]ccc2c1=CCC(=BO)C=2. The van der Waals surface area contributed by atoms with Gasteiger partial charge in [0.1, 0.15) is 0 Å². The number of aromatic amines is 1. The number of H-pyrrole nitrogens is 1. The van der Waals surface area contributed by atoms with Crippen molar-refractivity contribution in [3.8, 4) is 0 Å². The minimum atomic E-state index is -0.0780. The first kappa shape index (κ1) is 8.04. The van der Waals surface area contributed by atoms with E-state index in [1.165, 1.54) is 0 Å². The molecule has 13 heavy (non-hydrogen) atoms. The van der Waals surface area contributed by atoms with Gasteiger partial charge in [0.25, 0.3) is 0 Å². The van der Waals surface area contributed by atoms with E-state index >= 15 is 0 Å². The Morgan fingerprint density at radius 3 is 3.15 bits per heavy atom. The van der Waals surface area contributed by atoms with Crippen molar-refractivity contribution in [1.82, 2.24) is 4.98 Å². The molecule has 0 saturated carbocycles. The standard InChI is InChI=1S/C9H8BNO2/c12-9-8-2-1-7(10-13)5-6(8)3-4-11-9/h2-5,13H,1H2,(H,11,12). The van der Waals surface area contributed by atoms with Crippen molar-refractivity contribution >= 4 is 24.7 Å². The summed E-state index contributed by atoms with van der Waals surface area (Å²) >= 11 is 0. The number of fused-ring (bicyclic) bond motifs is 1. The van der Waals surface area contributed by atoms with Crippen LogP contribution in [0, 0.1) is 0 Å². The molecule has 0 spiro atoms. The zero-order valence-corrected chi connectivity index (χ0v) is 6.95. The molecule has 64 valence electrons. The summed E-state index contributed by atoms with van der Waals surface area (Å²) in [6.07, 6.45) is 5.84. The monoisotopic (exact) mass is 173 g/mol. The maximum absolute atomic E-state index is 11.3. The number of aromatic nitrogens is 1. The summed E-state index contributed by atoms with van der Waals surface area (Å²) < 4.78 is 0. The van der Waals surface area contributed by atoms with Crippen LogP contribution >= 0.6 is 0 Å². The van der Waals surface area contributed by atoms with E-state index in [0.717, 1.165) is 17.8 Å². The van der Waals surface area contributed by atoms with E-state index in [1.807, 2.05) is 18.2 Å². The normalized spacial score (nSPS) is 16.8. The zero-order chi connectivity index (χ0) is 9.26. The predicted octanol–water partition coefficient (Wildman–Crippen LogP) is -1.88. The van der Waals surface area contributed by atoms with Gasteiger partial charge in [0.15, 0.2) is 0 Å². The molecule has 0 fully saturated rings. The average molecular weight is 173 g/mol. The fraction of sp³-hybridized carbons (Fsp3) is 0.111. The molecule has 1 aromatic rings. The van der Waals surface area contributed by atoms with Crippen molar-refractivity contribution in [2.24, 2.45) is 0 Å². The second-order valence-corrected chi connectivity index (χ2v) is 2.93. The van der Waals surface area contributed by atoms with Crippen molar-refractivity contribution < 1.29 is 5.02 Å². The molecule has 0 radical (unpaired) electrons. The van der Waals surface area contributed by atoms with Crippen LogP contribution in [0.5, 0.6) is 0 Å². The van der Waals surface area contributed by atoms with Gasteiger partial charge in [-0.2, -0.15) is 0 Å². The number of nitrogens with one attached hydrogen (secondary N) is 1. The van der Waals surface area contributed by atoms with Gasteiger partial charge in [0, 0.05) is 0 Å². The van der Waals surface area contributed by atoms with Gasteiger partial charge in [-0.05, 0) is 0 Å². The van der Waals surface area contributed by atoms with E-state index < -0.39 is 0 Å². The summed E-state index contributed by atoms with van der Waals surface area (Å²) in [6.45, 7) is 0. The first-order chi connectivity index (χ1) is 6.31. The van der Waals surface area contributed by atoms with Crippen LogP contribution in [-0.4, -0.2) is 22.6 Å². The van der Waals surface area contributed by atoms with Gasteiger partial charge in [-0.1, -0.05) is 0 Å². The Morgan fingerprint density at radius 2 is 2.38 bits per heavy atom. The third-order valence-electron chi connectivity index (χ3n) is 2.08. The van der Waals surface area contributed by atoms with Crippen LogP contribution in [-0.2, 0) is 0 Å². The molecule has 0 bridgehead atoms. The van der Waals surface area contributed by atoms with Crippen LogP contribution in [0.1, 0.15) is 6.42 Å². The van der Waals surface area contributed by atoms with Crippen LogP contribution in [0.15, 0.2) is 17.1 Å². The van der Waals surface area contributed by atoms with Crippen molar-refractivity contribution in [3.63, 3.8) is 0 Å². The average Bonchev–Trinajstić information content (AvgIpc) is 2.18. The molecule has 2 rings (SSSR count). The molecule has 0 amide bonds. The quantitative estimate of drug-likeness (QED) is 0.451. The third kappa shape index (κ3) is 1.35. The second kappa shape index (κ2) is 3.05. The molecular weight excluding hydrogens is 165 g/mol. The Morgan fingerprint density at radius 1 is 1.54 bits per heavy atom. The summed E-state index contributed by atoms with van der Waals surface area (Å²) in [5.41, 5.74) is 0.740. The number of hydrogen-bond donors (Lipinski definition) is 2. The van der Waals surface area contributed by atoms with Gasteiger partial charge in [0.2, 0.25) is 0 Å². The topological polar surface area (TPSA) is 53.1 Å². The van der Waals surface area contributed by atoms with Crippen LogP contribution in [0.3, 0.4) is 0 Å². The van der Waals surface area contributed by atoms with Crippen LogP contribution in [0.4, 0.5) is 0 Å². The van der Waals surface area contributed by atoms with Crippen molar-refractivity contribution in [3.05, 3.63) is 33.1 Å². The predicted molar refractivity (Wildman–Crippen MR) is 52.8 cm³/mol. The third-order valence-corrected chi connectivity index (χ3v) is 2.08. The van der Waals surface area contributed by atoms with E-state index in [2.05, 4.69) is 4.98 Å². The summed E-state index contributed by atoms with van der Waals surface area (Å²) in [4.78, 5) is 13.9. The second-order valence-electron chi connectivity index (χ2n) is 2.93. The maximum atomic E-state index is 11.3. The zero-order valence-electron chi connectivity index (χ0n) is 6.95. The number of rotatable bonds is 0. The Hall–Kier alpha value is -1.58. The molecule has 0 unspecified atom stereocenters. The summed E-state index contributed by atoms with van der Waals surface area (Å²) in [5.74, 6) is 0. The molecule has 1 aliphatic carbocycles. The van der Waals surface area contributed by atoms with E-state index in [9.17, 15) is 4.79 Å². The summed E-state index contributed by atoms with van der Waals surface area (Å²) in [6, 6.07) is 1.82. The molecule has 2 N–H and O–H groups in total.